The zero-order chi connectivity index (χ0) is 22.5. The summed E-state index contributed by atoms with van der Waals surface area (Å²) in [6, 6.07) is 14.7. The van der Waals surface area contributed by atoms with Crippen molar-refractivity contribution in [2.45, 2.75) is 45.7 Å². The summed E-state index contributed by atoms with van der Waals surface area (Å²) in [5.41, 5.74) is 3.27. The first-order chi connectivity index (χ1) is 15.6. The molecule has 1 saturated heterocycles. The maximum Gasteiger partial charge on any atom is 0.310 e. The second-order valence-electron chi connectivity index (χ2n) is 8.28. The molecule has 1 fully saturated rings. The Morgan fingerprint density at radius 3 is 2.84 bits per heavy atom. The highest BCUT2D eigenvalue weighted by atomic mass is 35.5. The van der Waals surface area contributed by atoms with Crippen LogP contribution >= 0.6 is 22.9 Å². The molecule has 0 radical (unpaired) electrons. The molecule has 1 aliphatic heterocycles. The van der Waals surface area contributed by atoms with Crippen molar-refractivity contribution in [3.05, 3.63) is 58.6 Å². The molecule has 7 heteroatoms. The van der Waals surface area contributed by atoms with Crippen LogP contribution in [0, 0.1) is 0 Å². The van der Waals surface area contributed by atoms with E-state index in [4.69, 9.17) is 21.3 Å². The fraction of sp³-hybridized carbons (Fsp3) is 0.440. The third-order valence-electron chi connectivity index (χ3n) is 5.83. The smallest absolute Gasteiger partial charge is 0.310 e. The van der Waals surface area contributed by atoms with Gasteiger partial charge in [-0.3, -0.25) is 9.69 Å². The van der Waals surface area contributed by atoms with Crippen LogP contribution < -0.4 is 4.90 Å². The van der Waals surface area contributed by atoms with E-state index in [1.54, 1.807) is 11.3 Å². The topological polar surface area (TPSA) is 45.7 Å². The van der Waals surface area contributed by atoms with Gasteiger partial charge < -0.3 is 9.64 Å². The summed E-state index contributed by atoms with van der Waals surface area (Å²) in [6.45, 7) is 8.34. The first-order valence-electron chi connectivity index (χ1n) is 11.3. The molecule has 0 saturated carbocycles. The van der Waals surface area contributed by atoms with Gasteiger partial charge in [0.15, 0.2) is 5.13 Å². The van der Waals surface area contributed by atoms with E-state index in [0.717, 1.165) is 65.0 Å². The Hall–Kier alpha value is -2.15. The van der Waals surface area contributed by atoms with Crippen LogP contribution in [0.25, 0.3) is 10.2 Å². The summed E-state index contributed by atoms with van der Waals surface area (Å²) in [6.07, 6.45) is 2.60. The third-order valence-corrected chi connectivity index (χ3v) is 7.12. The van der Waals surface area contributed by atoms with Crippen molar-refractivity contribution in [1.82, 2.24) is 9.88 Å². The number of nitrogens with zero attached hydrogens (tertiary/aromatic N) is 3. The molecule has 2 aromatic carbocycles. The second-order valence-corrected chi connectivity index (χ2v) is 9.73. The molecule has 32 heavy (non-hydrogen) atoms. The van der Waals surface area contributed by atoms with Gasteiger partial charge >= 0.3 is 5.97 Å². The van der Waals surface area contributed by atoms with Gasteiger partial charge in [0.2, 0.25) is 0 Å². The van der Waals surface area contributed by atoms with E-state index in [1.807, 2.05) is 37.3 Å². The van der Waals surface area contributed by atoms with Crippen molar-refractivity contribution in [2.24, 2.45) is 0 Å². The summed E-state index contributed by atoms with van der Waals surface area (Å²) in [7, 11) is 0. The van der Waals surface area contributed by atoms with Gasteiger partial charge in [0, 0.05) is 37.2 Å². The van der Waals surface area contributed by atoms with Crippen LogP contribution in [0.4, 0.5) is 5.13 Å². The van der Waals surface area contributed by atoms with Gasteiger partial charge in [-0.25, -0.2) is 4.98 Å². The Bertz CT molecular complexity index is 1070. The standard InChI is InChI=1S/C25H30ClN3O2S/c1-3-6-21-17-28(16-19-8-5-7-18(13-19)14-24(30)31-4-2)11-12-29(21)25-27-22-10-9-20(26)15-23(22)32-25/h5,7-10,13,15,21H,3-4,6,11-12,14,16-17H2,1-2H3/t21-/m1/s1. The lowest BCUT2D eigenvalue weighted by Gasteiger charge is -2.41. The van der Waals surface area contributed by atoms with Gasteiger partial charge in [-0.15, -0.1) is 0 Å². The lowest BCUT2D eigenvalue weighted by molar-refractivity contribution is -0.142. The molecular weight excluding hydrogens is 442 g/mol. The molecule has 3 aromatic rings. The van der Waals surface area contributed by atoms with Crippen LogP contribution in [0.15, 0.2) is 42.5 Å². The molecular formula is C25H30ClN3O2S. The molecule has 1 aliphatic rings. The number of aromatic nitrogens is 1. The van der Waals surface area contributed by atoms with E-state index in [0.29, 0.717) is 19.1 Å². The van der Waals surface area contributed by atoms with Gasteiger partial charge in [0.1, 0.15) is 0 Å². The fourth-order valence-electron chi connectivity index (χ4n) is 4.38. The minimum absolute atomic E-state index is 0.168. The van der Waals surface area contributed by atoms with Crippen LogP contribution in [0.3, 0.4) is 0 Å². The Morgan fingerprint density at radius 1 is 1.19 bits per heavy atom. The molecule has 170 valence electrons. The molecule has 0 bridgehead atoms. The number of benzene rings is 2. The van der Waals surface area contributed by atoms with E-state index >= 15 is 0 Å². The molecule has 5 nitrogen and oxygen atoms in total. The molecule has 0 amide bonds. The largest absolute Gasteiger partial charge is 0.466 e. The van der Waals surface area contributed by atoms with E-state index in [1.165, 1.54) is 5.56 Å². The van der Waals surface area contributed by atoms with Gasteiger partial charge in [0.25, 0.3) is 0 Å². The average molecular weight is 472 g/mol. The number of halogens is 1. The van der Waals surface area contributed by atoms with Crippen LogP contribution in [0.5, 0.6) is 0 Å². The monoisotopic (exact) mass is 471 g/mol. The minimum Gasteiger partial charge on any atom is -0.466 e. The number of hydrogen-bond acceptors (Lipinski definition) is 6. The van der Waals surface area contributed by atoms with Gasteiger partial charge in [0.05, 0.1) is 23.2 Å². The van der Waals surface area contributed by atoms with Crippen molar-refractivity contribution >= 4 is 44.3 Å². The van der Waals surface area contributed by atoms with Gasteiger partial charge in [-0.05, 0) is 42.7 Å². The highest BCUT2D eigenvalue weighted by Crippen LogP contribution is 2.33. The number of fused-ring (bicyclic) bond motifs is 1. The van der Waals surface area contributed by atoms with E-state index in [-0.39, 0.29) is 5.97 Å². The summed E-state index contributed by atoms with van der Waals surface area (Å²) >= 11 is 7.91. The highest BCUT2D eigenvalue weighted by molar-refractivity contribution is 7.22. The van der Waals surface area contributed by atoms with Crippen LogP contribution in [-0.4, -0.2) is 48.1 Å². The number of carbonyl (C=O) groups is 1. The molecule has 1 atom stereocenters. The quantitative estimate of drug-likeness (QED) is 0.403. The Labute approximate surface area is 199 Å². The summed E-state index contributed by atoms with van der Waals surface area (Å²) in [5, 5.41) is 1.85. The number of anilines is 1. The molecule has 2 heterocycles. The van der Waals surface area contributed by atoms with Crippen molar-refractivity contribution < 1.29 is 9.53 Å². The fourth-order valence-corrected chi connectivity index (χ4v) is 5.72. The summed E-state index contributed by atoms with van der Waals surface area (Å²) in [5.74, 6) is -0.168. The number of ether oxygens (including phenoxy) is 1. The molecule has 0 unspecified atom stereocenters. The molecule has 0 N–H and O–H groups in total. The molecule has 4 rings (SSSR count). The number of hydrogen-bond donors (Lipinski definition) is 0. The van der Waals surface area contributed by atoms with Gasteiger partial charge in [-0.2, -0.15) is 0 Å². The summed E-state index contributed by atoms with van der Waals surface area (Å²) in [4.78, 5) is 21.7. The van der Waals surface area contributed by atoms with E-state index < -0.39 is 0 Å². The Balaban J connectivity index is 1.44. The van der Waals surface area contributed by atoms with Crippen LogP contribution in [0.2, 0.25) is 5.02 Å². The number of rotatable bonds is 8. The predicted molar refractivity (Wildman–Crippen MR) is 133 cm³/mol. The first-order valence-corrected chi connectivity index (χ1v) is 12.5. The lowest BCUT2D eigenvalue weighted by atomic mass is 10.0. The number of piperazine rings is 1. The molecule has 0 spiro atoms. The average Bonchev–Trinajstić information content (AvgIpc) is 3.17. The predicted octanol–water partition coefficient (Wildman–Crippen LogP) is 5.55. The van der Waals surface area contributed by atoms with Crippen LogP contribution in [0.1, 0.15) is 37.8 Å². The van der Waals surface area contributed by atoms with Crippen molar-refractivity contribution in [3.8, 4) is 0 Å². The minimum atomic E-state index is -0.168. The van der Waals surface area contributed by atoms with Crippen LogP contribution in [-0.2, 0) is 22.5 Å². The number of thiazole rings is 1. The SMILES string of the molecule is CCC[C@@H]1CN(Cc2cccc(CC(=O)OCC)c2)CCN1c1nc2ccc(Cl)cc2s1. The van der Waals surface area contributed by atoms with E-state index in [2.05, 4.69) is 28.9 Å². The van der Waals surface area contributed by atoms with Gasteiger partial charge in [-0.1, -0.05) is 60.5 Å². The normalized spacial score (nSPS) is 17.1. The van der Waals surface area contributed by atoms with Crippen molar-refractivity contribution in [1.29, 1.82) is 0 Å². The zero-order valence-corrected chi connectivity index (χ0v) is 20.3. The number of esters is 1. The molecule has 0 aliphatic carbocycles. The first kappa shape index (κ1) is 23.0. The second kappa shape index (κ2) is 10.6. The highest BCUT2D eigenvalue weighted by Gasteiger charge is 2.28. The lowest BCUT2D eigenvalue weighted by Crippen LogP contribution is -2.52. The molecule has 1 aromatic heterocycles. The Morgan fingerprint density at radius 2 is 2.03 bits per heavy atom. The van der Waals surface area contributed by atoms with E-state index in [9.17, 15) is 4.79 Å². The maximum absolute atomic E-state index is 11.8. The van der Waals surface area contributed by atoms with Crippen molar-refractivity contribution in [2.75, 3.05) is 31.1 Å². The number of carbonyl (C=O) groups excluding carboxylic acids is 1. The summed E-state index contributed by atoms with van der Waals surface area (Å²) < 4.78 is 6.23. The maximum atomic E-state index is 11.8. The van der Waals surface area contributed by atoms with Crippen molar-refractivity contribution in [3.63, 3.8) is 0 Å². The zero-order valence-electron chi connectivity index (χ0n) is 18.7. The third kappa shape index (κ3) is 5.61. The Kier molecular flexibility index (Phi) is 7.66.